The van der Waals surface area contributed by atoms with E-state index >= 15 is 0 Å². The molecule has 2 heterocycles. The van der Waals surface area contributed by atoms with Crippen LogP contribution in [0.15, 0.2) is 4.99 Å². The van der Waals surface area contributed by atoms with Crippen LogP contribution >= 0.6 is 24.0 Å². The van der Waals surface area contributed by atoms with Crippen molar-refractivity contribution in [1.29, 1.82) is 0 Å². The van der Waals surface area contributed by atoms with Gasteiger partial charge in [0.05, 0.1) is 6.04 Å². The fourth-order valence-electron chi connectivity index (χ4n) is 3.99. The molecule has 1 unspecified atom stereocenters. The van der Waals surface area contributed by atoms with Crippen molar-refractivity contribution in [1.82, 2.24) is 25.3 Å². The molecule has 3 aliphatic rings. The lowest BCUT2D eigenvalue weighted by molar-refractivity contribution is -0.135. The summed E-state index contributed by atoms with van der Waals surface area (Å²) in [5.41, 5.74) is 0. The molecular weight excluding hydrogens is 483 g/mol. The fraction of sp³-hybridized carbons (Fsp3) is 0.850. The van der Waals surface area contributed by atoms with Gasteiger partial charge in [-0.3, -0.25) is 19.5 Å². The number of amides is 2. The molecule has 0 bridgehead atoms. The number of halogens is 1. The maximum atomic E-state index is 12.6. The Balaban J connectivity index is 0.00000300. The van der Waals surface area contributed by atoms with Gasteiger partial charge in [-0.05, 0) is 39.0 Å². The van der Waals surface area contributed by atoms with Crippen LogP contribution in [0.1, 0.15) is 45.4 Å². The predicted octanol–water partition coefficient (Wildman–Crippen LogP) is 0.867. The molecule has 0 spiro atoms. The van der Waals surface area contributed by atoms with Crippen LogP contribution < -0.4 is 10.6 Å². The van der Waals surface area contributed by atoms with Crippen molar-refractivity contribution in [2.75, 3.05) is 52.9 Å². The number of carbonyl (C=O) groups is 2. The molecule has 0 radical (unpaired) electrons. The minimum Gasteiger partial charge on any atom is -0.356 e. The SMILES string of the molecule is CN=C(NCCCC(=O)NC1CC1)N1CCN(C(C)C(=O)N2CCCC2)CC1.I. The lowest BCUT2D eigenvalue weighted by Crippen LogP contribution is -2.57. The second-order valence-electron chi connectivity index (χ2n) is 8.15. The maximum Gasteiger partial charge on any atom is 0.239 e. The molecule has 2 amide bonds. The van der Waals surface area contributed by atoms with Crippen LogP contribution in [0.2, 0.25) is 0 Å². The normalized spacial score (nSPS) is 21.5. The zero-order chi connectivity index (χ0) is 19.9. The van der Waals surface area contributed by atoms with Gasteiger partial charge in [0.25, 0.3) is 0 Å². The van der Waals surface area contributed by atoms with E-state index in [1.165, 1.54) is 0 Å². The lowest BCUT2D eigenvalue weighted by atomic mass is 10.2. The van der Waals surface area contributed by atoms with Gasteiger partial charge < -0.3 is 20.4 Å². The Morgan fingerprint density at radius 2 is 1.69 bits per heavy atom. The zero-order valence-electron chi connectivity index (χ0n) is 17.9. The molecule has 29 heavy (non-hydrogen) atoms. The van der Waals surface area contributed by atoms with Crippen LogP contribution in [0.4, 0.5) is 0 Å². The van der Waals surface area contributed by atoms with E-state index in [9.17, 15) is 9.59 Å². The number of hydrogen-bond acceptors (Lipinski definition) is 4. The number of carbonyl (C=O) groups excluding carboxylic acids is 2. The van der Waals surface area contributed by atoms with E-state index in [0.29, 0.717) is 12.5 Å². The molecule has 9 heteroatoms. The van der Waals surface area contributed by atoms with Gasteiger partial charge in [0.2, 0.25) is 11.8 Å². The summed E-state index contributed by atoms with van der Waals surface area (Å²) in [7, 11) is 1.80. The van der Waals surface area contributed by atoms with Gasteiger partial charge in [-0.25, -0.2) is 0 Å². The summed E-state index contributed by atoms with van der Waals surface area (Å²) in [4.78, 5) is 35.3. The van der Waals surface area contributed by atoms with Gasteiger partial charge in [-0.2, -0.15) is 0 Å². The molecule has 1 aliphatic carbocycles. The van der Waals surface area contributed by atoms with Gasteiger partial charge in [0.1, 0.15) is 0 Å². The highest BCUT2D eigenvalue weighted by Gasteiger charge is 2.30. The molecule has 2 saturated heterocycles. The second kappa shape index (κ2) is 11.9. The van der Waals surface area contributed by atoms with Crippen LogP contribution in [0.5, 0.6) is 0 Å². The van der Waals surface area contributed by atoms with Gasteiger partial charge in [0, 0.05) is 65.3 Å². The first-order valence-corrected chi connectivity index (χ1v) is 10.9. The molecule has 3 fully saturated rings. The number of guanidine groups is 1. The van der Waals surface area contributed by atoms with Gasteiger partial charge >= 0.3 is 0 Å². The first-order chi connectivity index (χ1) is 13.6. The largest absolute Gasteiger partial charge is 0.356 e. The van der Waals surface area contributed by atoms with E-state index in [-0.39, 0.29) is 41.8 Å². The monoisotopic (exact) mass is 520 g/mol. The highest BCUT2D eigenvalue weighted by molar-refractivity contribution is 14.0. The third kappa shape index (κ3) is 7.27. The van der Waals surface area contributed by atoms with E-state index in [0.717, 1.165) is 83.9 Å². The van der Waals surface area contributed by atoms with E-state index < -0.39 is 0 Å². The van der Waals surface area contributed by atoms with Crippen molar-refractivity contribution in [2.24, 2.45) is 4.99 Å². The van der Waals surface area contributed by atoms with E-state index in [1.54, 1.807) is 7.05 Å². The van der Waals surface area contributed by atoms with Gasteiger partial charge in [-0.1, -0.05) is 0 Å². The molecule has 3 rings (SSSR count). The summed E-state index contributed by atoms with van der Waals surface area (Å²) in [5, 5.41) is 6.40. The number of rotatable bonds is 7. The summed E-state index contributed by atoms with van der Waals surface area (Å²) >= 11 is 0. The first-order valence-electron chi connectivity index (χ1n) is 10.9. The van der Waals surface area contributed by atoms with Crippen LogP contribution in [0.3, 0.4) is 0 Å². The number of piperazine rings is 1. The second-order valence-corrected chi connectivity index (χ2v) is 8.15. The fourth-order valence-corrected chi connectivity index (χ4v) is 3.99. The topological polar surface area (TPSA) is 80.3 Å². The number of aliphatic imine (C=N–C) groups is 1. The minimum atomic E-state index is -0.0415. The Bertz CT molecular complexity index is 569. The summed E-state index contributed by atoms with van der Waals surface area (Å²) in [5.74, 6) is 1.32. The Hall–Kier alpha value is -1.10. The van der Waals surface area contributed by atoms with Gasteiger partial charge in [-0.15, -0.1) is 24.0 Å². The van der Waals surface area contributed by atoms with Crippen molar-refractivity contribution < 1.29 is 9.59 Å². The maximum absolute atomic E-state index is 12.6. The quantitative estimate of drug-likeness (QED) is 0.226. The van der Waals surface area contributed by atoms with E-state index in [2.05, 4.69) is 25.4 Å². The third-order valence-corrected chi connectivity index (χ3v) is 5.95. The Labute approximate surface area is 191 Å². The molecule has 166 valence electrons. The molecule has 2 aliphatic heterocycles. The van der Waals surface area contributed by atoms with Crippen LogP contribution in [-0.4, -0.2) is 97.4 Å². The van der Waals surface area contributed by atoms with Crippen molar-refractivity contribution in [3.8, 4) is 0 Å². The highest BCUT2D eigenvalue weighted by atomic mass is 127. The Morgan fingerprint density at radius 1 is 1.03 bits per heavy atom. The zero-order valence-corrected chi connectivity index (χ0v) is 20.2. The molecule has 2 N–H and O–H groups in total. The number of hydrogen-bond donors (Lipinski definition) is 2. The first kappa shape index (κ1) is 24.2. The number of likely N-dealkylation sites (tertiary alicyclic amines) is 1. The Kier molecular flexibility index (Phi) is 9.94. The van der Waals surface area contributed by atoms with E-state index in [4.69, 9.17) is 0 Å². The summed E-state index contributed by atoms with van der Waals surface area (Å²) in [6.45, 7) is 8.07. The van der Waals surface area contributed by atoms with Crippen molar-refractivity contribution in [3.05, 3.63) is 0 Å². The van der Waals surface area contributed by atoms with Crippen LogP contribution in [-0.2, 0) is 9.59 Å². The number of nitrogens with zero attached hydrogens (tertiary/aromatic N) is 4. The molecular formula is C20H37IN6O2. The van der Waals surface area contributed by atoms with Crippen molar-refractivity contribution in [2.45, 2.75) is 57.5 Å². The highest BCUT2D eigenvalue weighted by Crippen LogP contribution is 2.18. The van der Waals surface area contributed by atoms with E-state index in [1.807, 2.05) is 11.8 Å². The Morgan fingerprint density at radius 3 is 2.28 bits per heavy atom. The van der Waals surface area contributed by atoms with Crippen molar-refractivity contribution >= 4 is 41.8 Å². The summed E-state index contributed by atoms with van der Waals surface area (Å²) in [6, 6.07) is 0.393. The predicted molar refractivity (Wildman–Crippen MR) is 126 cm³/mol. The lowest BCUT2D eigenvalue weighted by Gasteiger charge is -2.39. The molecule has 0 aromatic heterocycles. The van der Waals surface area contributed by atoms with Crippen molar-refractivity contribution in [3.63, 3.8) is 0 Å². The smallest absolute Gasteiger partial charge is 0.239 e. The summed E-state index contributed by atoms with van der Waals surface area (Å²) in [6.07, 6.45) is 5.89. The molecule has 1 saturated carbocycles. The average Bonchev–Trinajstić information content (AvgIpc) is 3.35. The van der Waals surface area contributed by atoms with Crippen LogP contribution in [0, 0.1) is 0 Å². The van der Waals surface area contributed by atoms with Gasteiger partial charge in [0.15, 0.2) is 5.96 Å². The summed E-state index contributed by atoms with van der Waals surface area (Å²) < 4.78 is 0. The molecule has 0 aromatic carbocycles. The minimum absolute atomic E-state index is 0. The molecule has 1 atom stereocenters. The molecule has 0 aromatic rings. The van der Waals surface area contributed by atoms with Crippen LogP contribution in [0.25, 0.3) is 0 Å². The standard InChI is InChI=1S/C20H36N6O2.HI/c1-16(19(28)25-10-3-4-11-25)24-12-14-26(15-13-24)20(21-2)22-9-5-6-18(27)23-17-7-8-17;/h16-17H,3-15H2,1-2H3,(H,21,22)(H,23,27);1H. The number of nitrogens with one attached hydrogen (secondary N) is 2. The molecule has 8 nitrogen and oxygen atoms in total. The third-order valence-electron chi connectivity index (χ3n) is 5.95. The average molecular weight is 520 g/mol.